The highest BCUT2D eigenvalue weighted by Gasteiger charge is 2.32. The number of amides is 2. The Bertz CT molecular complexity index is 1710. The van der Waals surface area contributed by atoms with Crippen LogP contribution < -0.4 is 11.0 Å². The number of likely N-dealkylation sites (N-methyl/N-ethyl adjacent to an activating group) is 1. The minimum absolute atomic E-state index is 0.0512. The van der Waals surface area contributed by atoms with E-state index < -0.39 is 35.4 Å². The highest BCUT2D eigenvalue weighted by Crippen LogP contribution is 2.32. The molecule has 4 rings (SSSR count). The van der Waals surface area contributed by atoms with Gasteiger partial charge in [-0.05, 0) is 69.3 Å². The second-order valence-corrected chi connectivity index (χ2v) is 9.25. The monoisotopic (exact) mass is 565 g/mol. The van der Waals surface area contributed by atoms with Crippen LogP contribution in [0.2, 0.25) is 0 Å². The maximum absolute atomic E-state index is 13.8. The molecule has 2 aromatic carbocycles. The van der Waals surface area contributed by atoms with Gasteiger partial charge in [-0.2, -0.15) is 23.5 Å². The molecule has 13 heteroatoms. The largest absolute Gasteiger partial charge is 0.416 e. The van der Waals surface area contributed by atoms with Gasteiger partial charge in [0.25, 0.3) is 0 Å². The van der Waals surface area contributed by atoms with E-state index in [1.165, 1.54) is 41.8 Å². The van der Waals surface area contributed by atoms with Crippen LogP contribution in [0.25, 0.3) is 22.8 Å². The Morgan fingerprint density at radius 2 is 1.80 bits per heavy atom. The lowest BCUT2D eigenvalue weighted by molar-refractivity contribution is -0.137. The van der Waals surface area contributed by atoms with Crippen LogP contribution >= 0.6 is 0 Å². The topological polar surface area (TPSA) is 118 Å². The number of rotatable bonds is 6. The number of nitrogens with one attached hydrogen (secondary N) is 1. The van der Waals surface area contributed by atoms with Gasteiger partial charge in [-0.15, -0.1) is 0 Å². The number of halogens is 3. The third-order valence-electron chi connectivity index (χ3n) is 6.61. The SMILES string of the molecule is CCN(C)C(=O)[C@H](C)NC(=O)n1c(-c2ccnn2-c2ccc(C#N)cc2)c(C)n(-c2cccc(C(F)(F)F)c2)c1=O. The van der Waals surface area contributed by atoms with Crippen LogP contribution in [-0.4, -0.2) is 55.4 Å². The summed E-state index contributed by atoms with van der Waals surface area (Å²) in [4.78, 5) is 41.4. The summed E-state index contributed by atoms with van der Waals surface area (Å²) in [5, 5.41) is 16.0. The van der Waals surface area contributed by atoms with Gasteiger partial charge in [-0.25, -0.2) is 18.8 Å². The van der Waals surface area contributed by atoms with Gasteiger partial charge in [0.1, 0.15) is 11.7 Å². The highest BCUT2D eigenvalue weighted by molar-refractivity contribution is 5.89. The molecule has 0 radical (unpaired) electrons. The first-order valence-corrected chi connectivity index (χ1v) is 12.5. The number of aromatic nitrogens is 4. The number of nitrogens with zero attached hydrogens (tertiary/aromatic N) is 6. The highest BCUT2D eigenvalue weighted by atomic mass is 19.4. The third kappa shape index (κ3) is 5.49. The molecule has 1 N–H and O–H groups in total. The molecule has 212 valence electrons. The lowest BCUT2D eigenvalue weighted by Crippen LogP contribution is -2.48. The van der Waals surface area contributed by atoms with E-state index in [0.29, 0.717) is 17.8 Å². The van der Waals surface area contributed by atoms with Crippen molar-refractivity contribution in [2.75, 3.05) is 13.6 Å². The number of hydrogen-bond donors (Lipinski definition) is 1. The van der Waals surface area contributed by atoms with E-state index in [1.54, 1.807) is 44.3 Å². The summed E-state index contributed by atoms with van der Waals surface area (Å²) in [5.74, 6) is -0.396. The molecular weight excluding hydrogens is 539 g/mol. The Kier molecular flexibility index (Phi) is 7.86. The van der Waals surface area contributed by atoms with Crippen molar-refractivity contribution < 1.29 is 22.8 Å². The first kappa shape index (κ1) is 28.9. The number of carbonyl (C=O) groups excluding carboxylic acids is 2. The van der Waals surface area contributed by atoms with E-state index in [4.69, 9.17) is 5.26 Å². The standard InChI is InChI=1S/C28H26F3N7O3/c1-5-35(4)25(39)17(2)34-26(40)37-24(23-13-14-33-38(23)21-11-9-19(16-32)10-12-21)18(3)36(27(37)41)22-8-6-7-20(15-22)28(29,30)31/h6-15,17H,5H2,1-4H3,(H,34,40)/t17-/m0/s1. The van der Waals surface area contributed by atoms with Gasteiger partial charge in [-0.3, -0.25) is 9.36 Å². The number of carbonyl (C=O) groups is 2. The average Bonchev–Trinajstić information content (AvgIpc) is 3.53. The first-order chi connectivity index (χ1) is 19.4. The molecule has 10 nitrogen and oxygen atoms in total. The minimum atomic E-state index is -4.66. The molecule has 0 aliphatic carbocycles. The number of alkyl halides is 3. The van der Waals surface area contributed by atoms with Gasteiger partial charge in [0.05, 0.1) is 46.2 Å². The molecule has 41 heavy (non-hydrogen) atoms. The number of imidazole rings is 1. The maximum Gasteiger partial charge on any atom is 0.416 e. The van der Waals surface area contributed by atoms with Crippen molar-refractivity contribution >= 4 is 11.9 Å². The summed E-state index contributed by atoms with van der Waals surface area (Å²) in [7, 11) is 1.56. The van der Waals surface area contributed by atoms with E-state index in [0.717, 1.165) is 21.3 Å². The lowest BCUT2D eigenvalue weighted by Gasteiger charge is -2.20. The van der Waals surface area contributed by atoms with Gasteiger partial charge in [-0.1, -0.05) is 6.07 Å². The third-order valence-corrected chi connectivity index (χ3v) is 6.61. The smallest absolute Gasteiger partial charge is 0.344 e. The van der Waals surface area contributed by atoms with Crippen molar-refractivity contribution in [3.05, 3.63) is 88.1 Å². The van der Waals surface area contributed by atoms with E-state index in [2.05, 4.69) is 10.4 Å². The number of benzene rings is 2. The normalized spacial score (nSPS) is 12.0. The molecule has 0 bridgehead atoms. The van der Waals surface area contributed by atoms with Crippen LogP contribution in [0.15, 0.2) is 65.6 Å². The first-order valence-electron chi connectivity index (χ1n) is 12.5. The van der Waals surface area contributed by atoms with E-state index in [1.807, 2.05) is 6.07 Å². The summed E-state index contributed by atoms with van der Waals surface area (Å²) >= 11 is 0. The van der Waals surface area contributed by atoms with Crippen molar-refractivity contribution in [1.82, 2.24) is 29.1 Å². The molecule has 2 aromatic heterocycles. The lowest BCUT2D eigenvalue weighted by atomic mass is 10.2. The predicted molar refractivity (Wildman–Crippen MR) is 144 cm³/mol. The summed E-state index contributed by atoms with van der Waals surface area (Å²) in [6.45, 7) is 5.11. The average molecular weight is 566 g/mol. The van der Waals surface area contributed by atoms with Crippen LogP contribution in [0.5, 0.6) is 0 Å². The molecule has 0 saturated heterocycles. The molecule has 0 unspecified atom stereocenters. The quantitative estimate of drug-likeness (QED) is 0.378. The molecule has 2 amide bonds. The number of nitriles is 1. The van der Waals surface area contributed by atoms with Crippen molar-refractivity contribution in [3.63, 3.8) is 0 Å². The van der Waals surface area contributed by atoms with Crippen molar-refractivity contribution in [3.8, 4) is 28.8 Å². The fourth-order valence-electron chi connectivity index (χ4n) is 4.38. The zero-order valence-corrected chi connectivity index (χ0v) is 22.6. The second-order valence-electron chi connectivity index (χ2n) is 9.25. The van der Waals surface area contributed by atoms with Crippen LogP contribution in [-0.2, 0) is 11.0 Å². The van der Waals surface area contributed by atoms with Gasteiger partial charge < -0.3 is 10.2 Å². The number of hydrogen-bond acceptors (Lipinski definition) is 5. The summed E-state index contributed by atoms with van der Waals surface area (Å²) < 4.78 is 43.7. The Labute approximate surface area is 232 Å². The zero-order chi connectivity index (χ0) is 30.1. The molecule has 0 aliphatic heterocycles. The second kappa shape index (κ2) is 11.2. The molecule has 4 aromatic rings. The molecule has 1 atom stereocenters. The fourth-order valence-corrected chi connectivity index (χ4v) is 4.38. The maximum atomic E-state index is 13.8. The van der Waals surface area contributed by atoms with Gasteiger partial charge in [0, 0.05) is 13.6 Å². The Morgan fingerprint density at radius 3 is 2.41 bits per heavy atom. The molecular formula is C28H26F3N7O3. The zero-order valence-electron chi connectivity index (χ0n) is 22.6. The Hall–Kier alpha value is -5.12. The molecule has 0 spiro atoms. The van der Waals surface area contributed by atoms with E-state index in [9.17, 15) is 27.6 Å². The van der Waals surface area contributed by atoms with Crippen molar-refractivity contribution in [2.45, 2.75) is 33.0 Å². The van der Waals surface area contributed by atoms with Gasteiger partial charge in [0.2, 0.25) is 5.91 Å². The van der Waals surface area contributed by atoms with Crippen LogP contribution in [0.4, 0.5) is 18.0 Å². The minimum Gasteiger partial charge on any atom is -0.344 e. The molecule has 2 heterocycles. The van der Waals surface area contributed by atoms with Crippen molar-refractivity contribution in [2.24, 2.45) is 0 Å². The van der Waals surface area contributed by atoms with E-state index in [-0.39, 0.29) is 22.8 Å². The van der Waals surface area contributed by atoms with Crippen molar-refractivity contribution in [1.29, 1.82) is 5.26 Å². The summed E-state index contributed by atoms with van der Waals surface area (Å²) in [5.41, 5.74) is -0.622. The van der Waals surface area contributed by atoms with Gasteiger partial charge >= 0.3 is 17.9 Å². The van der Waals surface area contributed by atoms with Crippen LogP contribution in [0.3, 0.4) is 0 Å². The molecule has 0 saturated carbocycles. The molecule has 0 aliphatic rings. The van der Waals surface area contributed by atoms with Crippen LogP contribution in [0.1, 0.15) is 30.7 Å². The predicted octanol–water partition coefficient (Wildman–Crippen LogP) is 4.12. The molecule has 0 fully saturated rings. The fraction of sp³-hybridized carbons (Fsp3) is 0.250. The summed E-state index contributed by atoms with van der Waals surface area (Å²) in [6.07, 6.45) is -3.23. The van der Waals surface area contributed by atoms with E-state index >= 15 is 0 Å². The Balaban J connectivity index is 1.94. The van der Waals surface area contributed by atoms with Gasteiger partial charge in [0.15, 0.2) is 0 Å². The Morgan fingerprint density at radius 1 is 1.12 bits per heavy atom. The summed E-state index contributed by atoms with van der Waals surface area (Å²) in [6, 6.07) is 12.2. The van der Waals surface area contributed by atoms with Crippen LogP contribution in [0, 0.1) is 18.3 Å².